The summed E-state index contributed by atoms with van der Waals surface area (Å²) in [6, 6.07) is 3.27. The number of nitrogens with zero attached hydrogens (tertiary/aromatic N) is 4. The summed E-state index contributed by atoms with van der Waals surface area (Å²) in [6.07, 6.45) is 4.67. The number of quaternary nitrogens is 1. The van der Waals surface area contributed by atoms with Crippen LogP contribution in [0.15, 0.2) is 12.1 Å². The van der Waals surface area contributed by atoms with Crippen molar-refractivity contribution in [3.63, 3.8) is 0 Å². The zero-order chi connectivity index (χ0) is 30.4. The molecule has 11 heteroatoms. The number of amides is 2. The van der Waals surface area contributed by atoms with Crippen LogP contribution in [0.3, 0.4) is 0 Å². The number of benzene rings is 1. The molecule has 2 fully saturated rings. The summed E-state index contributed by atoms with van der Waals surface area (Å²) in [6.45, 7) is 6.27. The number of likely N-dealkylation sites (tertiary alicyclic amines) is 2. The van der Waals surface area contributed by atoms with Crippen molar-refractivity contribution in [1.82, 2.24) is 14.7 Å². The third kappa shape index (κ3) is 7.66. The van der Waals surface area contributed by atoms with Gasteiger partial charge in [0.2, 0.25) is 24.4 Å². The van der Waals surface area contributed by atoms with E-state index < -0.39 is 17.9 Å². The van der Waals surface area contributed by atoms with Gasteiger partial charge in [-0.05, 0) is 37.0 Å². The molecular formula is C31H49N4O7+. The molecule has 42 heavy (non-hydrogen) atoms. The second-order valence-electron chi connectivity index (χ2n) is 12.8. The van der Waals surface area contributed by atoms with E-state index in [0.717, 1.165) is 42.3 Å². The van der Waals surface area contributed by atoms with Crippen LogP contribution in [0.2, 0.25) is 0 Å². The smallest absolute Gasteiger partial charge is 0.308 e. The number of aliphatic carboxylic acids is 1. The topological polar surface area (TPSA) is 109 Å². The van der Waals surface area contributed by atoms with E-state index >= 15 is 0 Å². The molecule has 3 atom stereocenters. The zero-order valence-corrected chi connectivity index (χ0v) is 26.0. The number of hydrogen-bond donors (Lipinski definition) is 1. The Balaban J connectivity index is 1.59. The number of rotatable bonds is 15. The van der Waals surface area contributed by atoms with Crippen molar-refractivity contribution < 1.29 is 38.2 Å². The Hall–Kier alpha value is -3.05. The molecule has 0 aromatic heterocycles. The average Bonchev–Trinajstić information content (AvgIpc) is 3.66. The first kappa shape index (κ1) is 31.9. The molecule has 1 aromatic carbocycles. The fourth-order valence-corrected chi connectivity index (χ4v) is 6.50. The Bertz CT molecular complexity index is 1120. The first-order valence-electron chi connectivity index (χ1n) is 15.3. The van der Waals surface area contributed by atoms with Gasteiger partial charge in [0.1, 0.15) is 0 Å². The molecule has 4 rings (SSSR count). The van der Waals surface area contributed by atoms with Gasteiger partial charge in [-0.3, -0.25) is 19.3 Å². The van der Waals surface area contributed by atoms with Gasteiger partial charge in [0.05, 0.1) is 47.3 Å². The maximum Gasteiger partial charge on any atom is 0.308 e. The number of ether oxygens (including phenoxy) is 3. The highest BCUT2D eigenvalue weighted by Gasteiger charge is 2.48. The van der Waals surface area contributed by atoms with Gasteiger partial charge in [-0.1, -0.05) is 13.3 Å². The maximum atomic E-state index is 13.8. The summed E-state index contributed by atoms with van der Waals surface area (Å²) in [7, 11) is 8.00. The van der Waals surface area contributed by atoms with Crippen molar-refractivity contribution in [2.24, 2.45) is 5.92 Å². The first-order valence-corrected chi connectivity index (χ1v) is 15.3. The molecule has 3 aliphatic heterocycles. The van der Waals surface area contributed by atoms with E-state index in [-0.39, 0.29) is 31.1 Å². The second kappa shape index (κ2) is 13.9. The summed E-state index contributed by atoms with van der Waals surface area (Å²) >= 11 is 0. The first-order chi connectivity index (χ1) is 20.0. The minimum absolute atomic E-state index is 0.0279. The van der Waals surface area contributed by atoms with E-state index in [4.69, 9.17) is 14.2 Å². The van der Waals surface area contributed by atoms with Crippen LogP contribution in [0.4, 0.5) is 0 Å². The van der Waals surface area contributed by atoms with E-state index in [1.165, 1.54) is 0 Å². The van der Waals surface area contributed by atoms with Crippen molar-refractivity contribution in [2.45, 2.75) is 57.4 Å². The highest BCUT2D eigenvalue weighted by Crippen LogP contribution is 2.47. The van der Waals surface area contributed by atoms with Gasteiger partial charge in [-0.25, -0.2) is 0 Å². The number of carboxylic acid groups (broad SMARTS) is 1. The fourth-order valence-electron chi connectivity index (χ4n) is 6.50. The van der Waals surface area contributed by atoms with Gasteiger partial charge in [-0.15, -0.1) is 0 Å². The van der Waals surface area contributed by atoms with Crippen LogP contribution < -0.4 is 14.2 Å². The van der Waals surface area contributed by atoms with Crippen molar-refractivity contribution in [3.05, 3.63) is 17.7 Å². The molecule has 3 heterocycles. The number of carbonyl (C=O) groups excluding carboxylic acids is 2. The lowest BCUT2D eigenvalue weighted by molar-refractivity contribution is -0.870. The van der Waals surface area contributed by atoms with E-state index in [1.807, 2.05) is 26.8 Å². The molecule has 0 saturated carbocycles. The Morgan fingerprint density at radius 1 is 1.17 bits per heavy atom. The lowest BCUT2D eigenvalue weighted by atomic mass is 9.84. The molecule has 1 N–H and O–H groups in total. The predicted octanol–water partition coefficient (Wildman–Crippen LogP) is 2.63. The normalized spacial score (nSPS) is 22.2. The molecule has 234 valence electrons. The molecule has 0 bridgehead atoms. The Kier molecular flexibility index (Phi) is 10.6. The van der Waals surface area contributed by atoms with Crippen LogP contribution >= 0.6 is 0 Å². The molecule has 2 saturated heterocycles. The molecule has 11 nitrogen and oxygen atoms in total. The highest BCUT2D eigenvalue weighted by molar-refractivity contribution is 5.79. The van der Waals surface area contributed by atoms with Crippen LogP contribution in [0.25, 0.3) is 0 Å². The predicted molar refractivity (Wildman–Crippen MR) is 158 cm³/mol. The lowest BCUT2D eigenvalue weighted by Crippen LogP contribution is -2.46. The standard InChI is InChI=1S/C31H48N4O7/c1-6-7-12-32(14-9-16-35(2,3)4)28(37)20-34-19-23(22-17-25(40-5)30-26(18-22)41-21-42-30)29(31(38)39)24(34)11-15-33-13-8-10-27(33)36/h17-18,23-24,29H,6-16,19-21H2,1-5H3/p+1. The summed E-state index contributed by atoms with van der Waals surface area (Å²) in [5.41, 5.74) is 0.784. The van der Waals surface area contributed by atoms with Crippen molar-refractivity contribution >= 4 is 17.8 Å². The SMILES string of the molecule is CCCCN(CCC[N+](C)(C)C)C(=O)CN1CC(c2cc(OC)c3c(c2)OCO3)C(C(=O)O)C1CCN1CCCC1=O. The molecular weight excluding hydrogens is 540 g/mol. The minimum atomic E-state index is -0.907. The summed E-state index contributed by atoms with van der Waals surface area (Å²) < 4.78 is 17.6. The third-order valence-electron chi connectivity index (χ3n) is 8.74. The highest BCUT2D eigenvalue weighted by atomic mass is 16.7. The van der Waals surface area contributed by atoms with Gasteiger partial charge in [0.25, 0.3) is 0 Å². The van der Waals surface area contributed by atoms with Gasteiger partial charge >= 0.3 is 5.97 Å². The molecule has 0 radical (unpaired) electrons. The monoisotopic (exact) mass is 589 g/mol. The quantitative estimate of drug-likeness (QED) is 0.311. The van der Waals surface area contributed by atoms with Gasteiger partial charge in [0.15, 0.2) is 11.5 Å². The van der Waals surface area contributed by atoms with Crippen LogP contribution in [-0.4, -0.2) is 129 Å². The van der Waals surface area contributed by atoms with E-state index in [1.54, 1.807) is 7.11 Å². The molecule has 3 unspecified atom stereocenters. The third-order valence-corrected chi connectivity index (χ3v) is 8.74. The van der Waals surface area contributed by atoms with Crippen LogP contribution in [-0.2, 0) is 14.4 Å². The number of carbonyl (C=O) groups is 3. The largest absolute Gasteiger partial charge is 0.493 e. The summed E-state index contributed by atoms with van der Waals surface area (Å²) in [4.78, 5) is 44.9. The van der Waals surface area contributed by atoms with E-state index in [2.05, 4.69) is 28.1 Å². The fraction of sp³-hybridized carbons (Fsp3) is 0.710. The van der Waals surface area contributed by atoms with Crippen molar-refractivity contribution in [3.8, 4) is 17.2 Å². The zero-order valence-electron chi connectivity index (χ0n) is 26.0. The average molecular weight is 590 g/mol. The van der Waals surface area contributed by atoms with E-state index in [0.29, 0.717) is 62.8 Å². The van der Waals surface area contributed by atoms with Crippen LogP contribution in [0, 0.1) is 5.92 Å². The molecule has 1 aromatic rings. The van der Waals surface area contributed by atoms with Gasteiger partial charge < -0.3 is 33.6 Å². The summed E-state index contributed by atoms with van der Waals surface area (Å²) in [5.74, 6) is -0.366. The van der Waals surface area contributed by atoms with Gasteiger partial charge in [0, 0.05) is 57.5 Å². The molecule has 3 aliphatic rings. The minimum Gasteiger partial charge on any atom is -0.493 e. The van der Waals surface area contributed by atoms with Crippen molar-refractivity contribution in [1.29, 1.82) is 0 Å². The number of methoxy groups -OCH3 is 1. The second-order valence-corrected chi connectivity index (χ2v) is 12.8. The number of unbranched alkanes of at least 4 members (excludes halogenated alkanes) is 1. The molecule has 0 spiro atoms. The number of fused-ring (bicyclic) bond motifs is 1. The maximum absolute atomic E-state index is 13.8. The molecule has 0 aliphatic carbocycles. The van der Waals surface area contributed by atoms with Gasteiger partial charge in [-0.2, -0.15) is 0 Å². The van der Waals surface area contributed by atoms with Crippen LogP contribution in [0.5, 0.6) is 17.2 Å². The lowest BCUT2D eigenvalue weighted by Gasteiger charge is -2.31. The Labute approximate surface area is 249 Å². The summed E-state index contributed by atoms with van der Waals surface area (Å²) in [5, 5.41) is 10.6. The Morgan fingerprint density at radius 2 is 1.93 bits per heavy atom. The van der Waals surface area contributed by atoms with Crippen molar-refractivity contribution in [2.75, 3.05) is 80.9 Å². The Morgan fingerprint density at radius 3 is 2.57 bits per heavy atom. The number of carboxylic acids is 1. The van der Waals surface area contributed by atoms with E-state index in [9.17, 15) is 19.5 Å². The number of hydrogen-bond acceptors (Lipinski definition) is 7. The molecule has 2 amide bonds. The van der Waals surface area contributed by atoms with Crippen LogP contribution in [0.1, 0.15) is 56.9 Å².